The Morgan fingerprint density at radius 3 is 2.15 bits per heavy atom. The molecule has 0 aliphatic carbocycles. The standard InChI is InChI=1S/C16H35N3O/c1-13(2)12-15(5)19(7)16(20)17-10-8-9-11-18(6)14(3)4/h13-15H,8-12H2,1-7H3,(H,17,20). The maximum atomic E-state index is 12.0. The summed E-state index contributed by atoms with van der Waals surface area (Å²) in [4.78, 5) is 16.1. The molecule has 0 aromatic rings. The fourth-order valence-corrected chi connectivity index (χ4v) is 2.10. The second-order valence-electron chi connectivity index (χ2n) is 6.60. The van der Waals surface area contributed by atoms with Crippen LogP contribution in [0.1, 0.15) is 53.9 Å². The molecule has 0 saturated heterocycles. The fourth-order valence-electron chi connectivity index (χ4n) is 2.10. The molecule has 1 N–H and O–H groups in total. The third kappa shape index (κ3) is 8.41. The van der Waals surface area contributed by atoms with Crippen molar-refractivity contribution in [3.8, 4) is 0 Å². The van der Waals surface area contributed by atoms with Crippen molar-refractivity contribution < 1.29 is 4.79 Å². The van der Waals surface area contributed by atoms with E-state index < -0.39 is 0 Å². The number of rotatable bonds is 9. The van der Waals surface area contributed by atoms with Crippen LogP contribution in [0.25, 0.3) is 0 Å². The SMILES string of the molecule is CC(C)CC(C)N(C)C(=O)NCCCCN(C)C(C)C. The van der Waals surface area contributed by atoms with Crippen molar-refractivity contribution in [2.24, 2.45) is 5.92 Å². The summed E-state index contributed by atoms with van der Waals surface area (Å²) in [6.07, 6.45) is 3.21. The van der Waals surface area contributed by atoms with Crippen molar-refractivity contribution in [2.75, 3.05) is 27.2 Å². The Hall–Kier alpha value is -0.770. The van der Waals surface area contributed by atoms with Gasteiger partial charge in [0.1, 0.15) is 0 Å². The number of nitrogens with zero attached hydrogens (tertiary/aromatic N) is 2. The average Bonchev–Trinajstić information content (AvgIpc) is 2.35. The Labute approximate surface area is 125 Å². The summed E-state index contributed by atoms with van der Waals surface area (Å²) in [6, 6.07) is 0.935. The first kappa shape index (κ1) is 19.2. The minimum Gasteiger partial charge on any atom is -0.338 e. The zero-order valence-corrected chi connectivity index (χ0v) is 14.6. The van der Waals surface area contributed by atoms with Crippen molar-refractivity contribution in [2.45, 2.75) is 66.0 Å². The second-order valence-corrected chi connectivity index (χ2v) is 6.60. The third-order valence-corrected chi connectivity index (χ3v) is 3.89. The largest absolute Gasteiger partial charge is 0.338 e. The Morgan fingerprint density at radius 1 is 1.05 bits per heavy atom. The van der Waals surface area contributed by atoms with Gasteiger partial charge in [-0.15, -0.1) is 0 Å². The minimum absolute atomic E-state index is 0.0513. The van der Waals surface area contributed by atoms with Gasteiger partial charge in [-0.1, -0.05) is 13.8 Å². The van der Waals surface area contributed by atoms with E-state index in [1.807, 2.05) is 11.9 Å². The van der Waals surface area contributed by atoms with Gasteiger partial charge in [0.25, 0.3) is 0 Å². The molecule has 0 aliphatic rings. The molecular weight excluding hydrogens is 250 g/mol. The summed E-state index contributed by atoms with van der Waals surface area (Å²) < 4.78 is 0. The maximum absolute atomic E-state index is 12.0. The van der Waals surface area contributed by atoms with Gasteiger partial charge in [0, 0.05) is 25.7 Å². The molecule has 0 fully saturated rings. The molecule has 120 valence electrons. The fraction of sp³-hybridized carbons (Fsp3) is 0.938. The summed E-state index contributed by atoms with van der Waals surface area (Å²) in [5.74, 6) is 0.617. The Kier molecular flexibility index (Phi) is 9.64. The lowest BCUT2D eigenvalue weighted by Crippen LogP contribution is -2.43. The first-order valence-corrected chi connectivity index (χ1v) is 7.96. The van der Waals surface area contributed by atoms with Gasteiger partial charge in [-0.2, -0.15) is 0 Å². The van der Waals surface area contributed by atoms with Gasteiger partial charge >= 0.3 is 6.03 Å². The van der Waals surface area contributed by atoms with Crippen molar-refractivity contribution in [1.29, 1.82) is 0 Å². The molecule has 0 radical (unpaired) electrons. The normalized spacial score (nSPS) is 13.1. The number of amides is 2. The van der Waals surface area contributed by atoms with Gasteiger partial charge in [0.05, 0.1) is 0 Å². The van der Waals surface area contributed by atoms with Crippen LogP contribution < -0.4 is 5.32 Å². The summed E-state index contributed by atoms with van der Waals surface area (Å²) >= 11 is 0. The first-order valence-electron chi connectivity index (χ1n) is 7.96. The predicted octanol–water partition coefficient (Wildman–Crippen LogP) is 3.18. The van der Waals surface area contributed by atoms with Crippen LogP contribution in [0, 0.1) is 5.92 Å². The molecule has 0 saturated carbocycles. The van der Waals surface area contributed by atoms with Crippen LogP contribution in [0.5, 0.6) is 0 Å². The molecule has 1 atom stereocenters. The van der Waals surface area contributed by atoms with E-state index in [4.69, 9.17) is 0 Å². The lowest BCUT2D eigenvalue weighted by atomic mass is 10.0. The van der Waals surface area contributed by atoms with Crippen molar-refractivity contribution in [3.63, 3.8) is 0 Å². The number of nitrogens with one attached hydrogen (secondary N) is 1. The Morgan fingerprint density at radius 2 is 1.65 bits per heavy atom. The van der Waals surface area contributed by atoms with Crippen LogP contribution in [0.3, 0.4) is 0 Å². The van der Waals surface area contributed by atoms with E-state index in [9.17, 15) is 4.79 Å². The minimum atomic E-state index is 0.0513. The van der Waals surface area contributed by atoms with E-state index in [1.165, 1.54) is 0 Å². The molecule has 0 rings (SSSR count). The average molecular weight is 285 g/mol. The van der Waals surface area contributed by atoms with E-state index in [0.29, 0.717) is 18.0 Å². The van der Waals surface area contributed by atoms with Crippen LogP contribution in [-0.2, 0) is 0 Å². The van der Waals surface area contributed by atoms with Gasteiger partial charge in [0.15, 0.2) is 0 Å². The maximum Gasteiger partial charge on any atom is 0.317 e. The molecule has 0 spiro atoms. The molecule has 0 aromatic heterocycles. The van der Waals surface area contributed by atoms with Gasteiger partial charge in [-0.05, 0) is 59.5 Å². The summed E-state index contributed by atoms with van der Waals surface area (Å²) in [5, 5.41) is 3.01. The first-order chi connectivity index (χ1) is 9.25. The quantitative estimate of drug-likeness (QED) is 0.660. The van der Waals surface area contributed by atoms with Gasteiger partial charge in [0.2, 0.25) is 0 Å². The highest BCUT2D eigenvalue weighted by Crippen LogP contribution is 2.09. The van der Waals surface area contributed by atoms with Crippen molar-refractivity contribution in [1.82, 2.24) is 15.1 Å². The van der Waals surface area contributed by atoms with Gasteiger partial charge in [-0.3, -0.25) is 0 Å². The van der Waals surface area contributed by atoms with Crippen LogP contribution in [0.2, 0.25) is 0 Å². The molecule has 0 heterocycles. The van der Waals surface area contributed by atoms with Crippen LogP contribution >= 0.6 is 0 Å². The molecule has 0 aromatic carbocycles. The van der Waals surface area contributed by atoms with E-state index in [1.54, 1.807) is 0 Å². The zero-order chi connectivity index (χ0) is 15.7. The topological polar surface area (TPSA) is 35.6 Å². The van der Waals surface area contributed by atoms with E-state index in [-0.39, 0.29) is 6.03 Å². The molecule has 1 unspecified atom stereocenters. The lowest BCUT2D eigenvalue weighted by molar-refractivity contribution is 0.186. The van der Waals surface area contributed by atoms with E-state index >= 15 is 0 Å². The highest BCUT2D eigenvalue weighted by atomic mass is 16.2. The Balaban J connectivity index is 3.77. The van der Waals surface area contributed by atoms with Gasteiger partial charge in [-0.25, -0.2) is 4.79 Å². The summed E-state index contributed by atoms with van der Waals surface area (Å²) in [7, 11) is 4.03. The number of urea groups is 1. The van der Waals surface area contributed by atoms with Crippen molar-refractivity contribution >= 4 is 6.03 Å². The van der Waals surface area contributed by atoms with Crippen molar-refractivity contribution in [3.05, 3.63) is 0 Å². The van der Waals surface area contributed by atoms with Crippen LogP contribution in [0.4, 0.5) is 4.79 Å². The molecule has 0 bridgehead atoms. The van der Waals surface area contributed by atoms with E-state index in [2.05, 4.69) is 51.9 Å². The molecule has 2 amide bonds. The highest BCUT2D eigenvalue weighted by molar-refractivity contribution is 5.74. The summed E-state index contributed by atoms with van der Waals surface area (Å²) in [6.45, 7) is 12.7. The number of carbonyl (C=O) groups is 1. The molecule has 20 heavy (non-hydrogen) atoms. The highest BCUT2D eigenvalue weighted by Gasteiger charge is 2.15. The number of hydrogen-bond acceptors (Lipinski definition) is 2. The third-order valence-electron chi connectivity index (χ3n) is 3.89. The number of carbonyl (C=O) groups excluding carboxylic acids is 1. The lowest BCUT2D eigenvalue weighted by Gasteiger charge is -2.26. The monoisotopic (exact) mass is 285 g/mol. The smallest absolute Gasteiger partial charge is 0.317 e. The van der Waals surface area contributed by atoms with E-state index in [0.717, 1.165) is 32.4 Å². The zero-order valence-electron chi connectivity index (χ0n) is 14.6. The molecule has 0 aliphatic heterocycles. The number of unbranched alkanes of at least 4 members (excludes halogenated alkanes) is 1. The van der Waals surface area contributed by atoms with Gasteiger partial charge < -0.3 is 15.1 Å². The molecule has 4 nitrogen and oxygen atoms in total. The molecule has 4 heteroatoms. The summed E-state index contributed by atoms with van der Waals surface area (Å²) in [5.41, 5.74) is 0. The number of hydrogen-bond donors (Lipinski definition) is 1. The Bertz CT molecular complexity index is 266. The predicted molar refractivity (Wildman–Crippen MR) is 87.1 cm³/mol. The van der Waals surface area contributed by atoms with Crippen LogP contribution in [0.15, 0.2) is 0 Å². The van der Waals surface area contributed by atoms with Crippen LogP contribution in [-0.4, -0.2) is 55.1 Å². The second kappa shape index (κ2) is 10.0. The molecular formula is C16H35N3O.